The first-order chi connectivity index (χ1) is 10.4. The van der Waals surface area contributed by atoms with E-state index >= 15 is 0 Å². The molecule has 0 aliphatic carbocycles. The van der Waals surface area contributed by atoms with Crippen molar-refractivity contribution in [1.82, 2.24) is 9.80 Å². The van der Waals surface area contributed by atoms with Crippen molar-refractivity contribution in [2.75, 3.05) is 26.7 Å². The lowest BCUT2D eigenvalue weighted by Gasteiger charge is -2.39. The van der Waals surface area contributed by atoms with E-state index in [4.69, 9.17) is 16.3 Å². The Morgan fingerprint density at radius 2 is 1.82 bits per heavy atom. The van der Waals surface area contributed by atoms with Gasteiger partial charge in [-0.15, -0.1) is 0 Å². The highest BCUT2D eigenvalue weighted by Crippen LogP contribution is 2.17. The van der Waals surface area contributed by atoms with Gasteiger partial charge in [0, 0.05) is 30.6 Å². The van der Waals surface area contributed by atoms with E-state index in [2.05, 4.69) is 0 Å². The zero-order valence-electron chi connectivity index (χ0n) is 12.4. The quantitative estimate of drug-likeness (QED) is 0.766. The number of methoxy groups -OCH3 is 1. The fourth-order valence-corrected chi connectivity index (χ4v) is 2.53. The third-order valence-corrected chi connectivity index (χ3v) is 3.90. The fraction of sp³-hybridized carbons (Fsp3) is 0.400. The fourth-order valence-electron chi connectivity index (χ4n) is 2.41. The Bertz CT molecular complexity index is 588. The van der Waals surface area contributed by atoms with Crippen LogP contribution in [0.1, 0.15) is 17.3 Å². The van der Waals surface area contributed by atoms with E-state index in [1.54, 1.807) is 24.3 Å². The standard InChI is InChI=1S/C15H17ClN2O4/c1-10(19)17-7-8-18(13(9-17)15(21)22-2)14(20)11-3-5-12(16)6-4-11/h3-6,13H,7-9H2,1-2H3. The Kier molecular flexibility index (Phi) is 5.03. The van der Waals surface area contributed by atoms with Crippen molar-refractivity contribution < 1.29 is 19.1 Å². The molecule has 0 aromatic heterocycles. The summed E-state index contributed by atoms with van der Waals surface area (Å²) in [6.45, 7) is 2.25. The van der Waals surface area contributed by atoms with Crippen molar-refractivity contribution in [2.45, 2.75) is 13.0 Å². The number of hydrogen-bond donors (Lipinski definition) is 0. The van der Waals surface area contributed by atoms with Gasteiger partial charge in [0.1, 0.15) is 6.04 Å². The van der Waals surface area contributed by atoms with Crippen LogP contribution in [0.15, 0.2) is 24.3 Å². The van der Waals surface area contributed by atoms with E-state index in [1.807, 2.05) is 0 Å². The molecule has 1 aromatic carbocycles. The molecule has 0 spiro atoms. The number of ether oxygens (including phenoxy) is 1. The maximum Gasteiger partial charge on any atom is 0.330 e. The molecule has 1 aliphatic rings. The molecule has 1 unspecified atom stereocenters. The van der Waals surface area contributed by atoms with Crippen LogP contribution in [0.2, 0.25) is 5.02 Å². The van der Waals surface area contributed by atoms with Crippen molar-refractivity contribution in [3.05, 3.63) is 34.9 Å². The van der Waals surface area contributed by atoms with Gasteiger partial charge in [0.25, 0.3) is 5.91 Å². The van der Waals surface area contributed by atoms with Gasteiger partial charge >= 0.3 is 5.97 Å². The zero-order chi connectivity index (χ0) is 16.3. The Balaban J connectivity index is 2.23. The van der Waals surface area contributed by atoms with E-state index in [0.29, 0.717) is 17.1 Å². The topological polar surface area (TPSA) is 66.9 Å². The Morgan fingerprint density at radius 3 is 2.36 bits per heavy atom. The first-order valence-electron chi connectivity index (χ1n) is 6.84. The number of benzene rings is 1. The normalized spacial score (nSPS) is 18.0. The monoisotopic (exact) mass is 324 g/mol. The molecule has 2 amide bonds. The molecule has 1 aliphatic heterocycles. The van der Waals surface area contributed by atoms with Crippen LogP contribution < -0.4 is 0 Å². The second-order valence-electron chi connectivity index (χ2n) is 5.01. The number of rotatable bonds is 2. The van der Waals surface area contributed by atoms with Crippen LogP contribution in [0.5, 0.6) is 0 Å². The Hall–Kier alpha value is -2.08. The summed E-state index contributed by atoms with van der Waals surface area (Å²) >= 11 is 5.81. The summed E-state index contributed by atoms with van der Waals surface area (Å²) in [5.41, 5.74) is 0.439. The summed E-state index contributed by atoms with van der Waals surface area (Å²) in [6.07, 6.45) is 0. The lowest BCUT2D eigenvalue weighted by atomic mass is 10.1. The molecule has 0 bridgehead atoms. The van der Waals surface area contributed by atoms with Crippen LogP contribution in [0.4, 0.5) is 0 Å². The minimum absolute atomic E-state index is 0.132. The molecule has 22 heavy (non-hydrogen) atoms. The van der Waals surface area contributed by atoms with E-state index in [-0.39, 0.29) is 24.9 Å². The number of nitrogens with zero attached hydrogens (tertiary/aromatic N) is 2. The highest BCUT2D eigenvalue weighted by atomic mass is 35.5. The number of carbonyl (C=O) groups is 3. The molecule has 1 atom stereocenters. The molecule has 1 fully saturated rings. The van der Waals surface area contributed by atoms with Gasteiger partial charge in [0.05, 0.1) is 13.7 Å². The molecule has 1 saturated heterocycles. The number of amides is 2. The van der Waals surface area contributed by atoms with Crippen molar-refractivity contribution in [3.63, 3.8) is 0 Å². The zero-order valence-corrected chi connectivity index (χ0v) is 13.2. The summed E-state index contributed by atoms with van der Waals surface area (Å²) in [7, 11) is 1.26. The SMILES string of the molecule is COC(=O)C1CN(C(C)=O)CCN1C(=O)c1ccc(Cl)cc1. The molecule has 0 radical (unpaired) electrons. The Labute approximate surface area is 133 Å². The highest BCUT2D eigenvalue weighted by molar-refractivity contribution is 6.30. The van der Waals surface area contributed by atoms with E-state index < -0.39 is 12.0 Å². The van der Waals surface area contributed by atoms with E-state index in [0.717, 1.165) is 0 Å². The smallest absolute Gasteiger partial charge is 0.330 e. The lowest BCUT2D eigenvalue weighted by molar-refractivity contribution is -0.149. The first-order valence-corrected chi connectivity index (χ1v) is 7.21. The molecule has 0 N–H and O–H groups in total. The maximum absolute atomic E-state index is 12.6. The number of esters is 1. The van der Waals surface area contributed by atoms with E-state index in [9.17, 15) is 14.4 Å². The number of hydrogen-bond acceptors (Lipinski definition) is 4. The minimum Gasteiger partial charge on any atom is -0.467 e. The van der Waals surface area contributed by atoms with Gasteiger partial charge in [-0.25, -0.2) is 4.79 Å². The number of halogens is 1. The summed E-state index contributed by atoms with van der Waals surface area (Å²) in [5, 5.41) is 0.530. The van der Waals surface area contributed by atoms with Crippen molar-refractivity contribution >= 4 is 29.4 Å². The molecule has 7 heteroatoms. The maximum atomic E-state index is 12.6. The van der Waals surface area contributed by atoms with Crippen molar-refractivity contribution in [1.29, 1.82) is 0 Å². The van der Waals surface area contributed by atoms with E-state index in [1.165, 1.54) is 23.8 Å². The predicted molar refractivity (Wildman–Crippen MR) is 80.5 cm³/mol. The first kappa shape index (κ1) is 16.3. The van der Waals surface area contributed by atoms with Crippen LogP contribution in [0.3, 0.4) is 0 Å². The molecule has 2 rings (SSSR count). The molecule has 118 valence electrons. The minimum atomic E-state index is -0.800. The third-order valence-electron chi connectivity index (χ3n) is 3.65. The lowest BCUT2D eigenvalue weighted by Crippen LogP contribution is -2.59. The van der Waals surface area contributed by atoms with Gasteiger partial charge in [-0.05, 0) is 24.3 Å². The molecule has 1 heterocycles. The van der Waals surface area contributed by atoms with Crippen LogP contribution in [0, 0.1) is 0 Å². The van der Waals surface area contributed by atoms with Gasteiger partial charge in [0.15, 0.2) is 0 Å². The second kappa shape index (κ2) is 6.79. The van der Waals surface area contributed by atoms with Crippen molar-refractivity contribution in [2.24, 2.45) is 0 Å². The molecular formula is C15H17ClN2O4. The predicted octanol–water partition coefficient (Wildman–Crippen LogP) is 1.19. The molecule has 6 nitrogen and oxygen atoms in total. The van der Waals surface area contributed by atoms with Crippen LogP contribution in [-0.4, -0.2) is 60.4 Å². The summed E-state index contributed by atoms with van der Waals surface area (Å²) < 4.78 is 4.76. The van der Waals surface area contributed by atoms with Crippen molar-refractivity contribution in [3.8, 4) is 0 Å². The highest BCUT2D eigenvalue weighted by Gasteiger charge is 2.37. The van der Waals surface area contributed by atoms with Gasteiger partial charge < -0.3 is 14.5 Å². The summed E-state index contributed by atoms with van der Waals surface area (Å²) in [5.74, 6) is -0.948. The Morgan fingerprint density at radius 1 is 1.18 bits per heavy atom. The average molecular weight is 325 g/mol. The average Bonchev–Trinajstić information content (AvgIpc) is 2.53. The van der Waals surface area contributed by atoms with Gasteiger partial charge in [-0.3, -0.25) is 9.59 Å². The molecule has 1 aromatic rings. The van der Waals surface area contributed by atoms with Gasteiger partial charge in [-0.1, -0.05) is 11.6 Å². The molecule has 0 saturated carbocycles. The largest absolute Gasteiger partial charge is 0.467 e. The number of piperazine rings is 1. The van der Waals surface area contributed by atoms with Crippen LogP contribution >= 0.6 is 11.6 Å². The van der Waals surface area contributed by atoms with Gasteiger partial charge in [0.2, 0.25) is 5.91 Å². The van der Waals surface area contributed by atoms with Gasteiger partial charge in [-0.2, -0.15) is 0 Å². The number of carbonyl (C=O) groups excluding carboxylic acids is 3. The van der Waals surface area contributed by atoms with Crippen LogP contribution in [0.25, 0.3) is 0 Å². The molecular weight excluding hydrogens is 308 g/mol. The second-order valence-corrected chi connectivity index (χ2v) is 5.45. The summed E-state index contributed by atoms with van der Waals surface area (Å²) in [4.78, 5) is 39.0. The third kappa shape index (κ3) is 3.39. The van der Waals surface area contributed by atoms with Crippen LogP contribution in [-0.2, 0) is 14.3 Å². The summed E-state index contributed by atoms with van der Waals surface area (Å²) in [6, 6.07) is 5.65.